The van der Waals surface area contributed by atoms with E-state index in [0.717, 1.165) is 30.0 Å². The minimum Gasteiger partial charge on any atom is -0.497 e. The molecule has 0 saturated carbocycles. The van der Waals surface area contributed by atoms with Crippen molar-refractivity contribution in [1.29, 1.82) is 0 Å². The second-order valence-electron chi connectivity index (χ2n) is 8.65. The van der Waals surface area contributed by atoms with Crippen LogP contribution in [0, 0.1) is 0 Å². The lowest BCUT2D eigenvalue weighted by Gasteiger charge is -2.55. The minimum absolute atomic E-state index is 0.0305. The number of benzene rings is 2. The van der Waals surface area contributed by atoms with Crippen molar-refractivity contribution >= 4 is 16.8 Å². The molecular weight excluding hydrogens is 378 g/mol. The van der Waals surface area contributed by atoms with Gasteiger partial charge in [-0.3, -0.25) is 4.79 Å². The Labute approximate surface area is 176 Å². The fraction of sp³-hybridized carbons (Fsp3) is 0.375. The molecule has 2 aliphatic rings. The Morgan fingerprint density at radius 2 is 1.87 bits per heavy atom. The molecule has 0 unspecified atom stereocenters. The van der Waals surface area contributed by atoms with Crippen molar-refractivity contribution in [2.75, 3.05) is 40.4 Å². The summed E-state index contributed by atoms with van der Waals surface area (Å²) in [6.07, 6.45) is 0. The maximum absolute atomic E-state index is 13.5. The van der Waals surface area contributed by atoms with Gasteiger partial charge in [0.25, 0.3) is 5.91 Å². The molecule has 0 aliphatic carbocycles. The fourth-order valence-corrected chi connectivity index (χ4v) is 5.56. The Morgan fingerprint density at radius 1 is 1.13 bits per heavy atom. The highest BCUT2D eigenvalue weighted by Gasteiger charge is 2.53. The highest BCUT2D eigenvalue weighted by atomic mass is 16.5. The van der Waals surface area contributed by atoms with Gasteiger partial charge in [0.2, 0.25) is 0 Å². The number of aromatic nitrogens is 1. The first-order chi connectivity index (χ1) is 14.5. The highest BCUT2D eigenvalue weighted by Crippen LogP contribution is 2.49. The third-order valence-corrected chi connectivity index (χ3v) is 6.75. The maximum atomic E-state index is 13.5. The monoisotopic (exact) mass is 405 g/mol. The van der Waals surface area contributed by atoms with Crippen LogP contribution < -0.4 is 4.74 Å². The van der Waals surface area contributed by atoms with Gasteiger partial charge in [0.15, 0.2) is 0 Å². The number of carbonyl (C=O) groups is 1. The summed E-state index contributed by atoms with van der Waals surface area (Å²) in [6, 6.07) is 15.1. The second kappa shape index (κ2) is 6.86. The summed E-state index contributed by atoms with van der Waals surface area (Å²) in [6.45, 7) is 2.27. The number of methoxy groups -OCH3 is 1. The number of likely N-dealkylation sites (tertiary alicyclic amines) is 1. The molecule has 3 aromatic rings. The van der Waals surface area contributed by atoms with Gasteiger partial charge >= 0.3 is 0 Å². The van der Waals surface area contributed by atoms with Crippen LogP contribution in [0.25, 0.3) is 10.9 Å². The SMILES string of the molecule is COc1ccc2c3c(n(C)c2c1)[C@@H](CO)N(C(=O)c1ccccc1)CC31CN(C)C1. The molecule has 6 nitrogen and oxygen atoms in total. The van der Waals surface area contributed by atoms with E-state index in [1.807, 2.05) is 54.4 Å². The number of aryl methyl sites for hydroxylation is 1. The van der Waals surface area contributed by atoms with Gasteiger partial charge in [-0.05, 0) is 36.9 Å². The Morgan fingerprint density at radius 3 is 2.50 bits per heavy atom. The highest BCUT2D eigenvalue weighted by molar-refractivity contribution is 5.96. The molecule has 6 heteroatoms. The molecule has 1 fully saturated rings. The summed E-state index contributed by atoms with van der Waals surface area (Å²) in [5.74, 6) is 0.773. The Balaban J connectivity index is 1.72. The van der Waals surface area contributed by atoms with Crippen molar-refractivity contribution in [2.24, 2.45) is 7.05 Å². The van der Waals surface area contributed by atoms with Crippen molar-refractivity contribution < 1.29 is 14.6 Å². The van der Waals surface area contributed by atoms with E-state index in [1.54, 1.807) is 7.11 Å². The Hall–Kier alpha value is -2.83. The van der Waals surface area contributed by atoms with Crippen LogP contribution in [-0.4, -0.2) is 65.8 Å². The predicted molar refractivity (Wildman–Crippen MR) is 116 cm³/mol. The van der Waals surface area contributed by atoms with Gasteiger partial charge in [0.1, 0.15) is 5.75 Å². The van der Waals surface area contributed by atoms with Crippen LogP contribution in [0.4, 0.5) is 0 Å². The van der Waals surface area contributed by atoms with Gasteiger partial charge in [-0.1, -0.05) is 18.2 Å². The fourth-order valence-electron chi connectivity index (χ4n) is 5.56. The van der Waals surface area contributed by atoms with Crippen molar-refractivity contribution in [3.8, 4) is 5.75 Å². The van der Waals surface area contributed by atoms with Gasteiger partial charge < -0.3 is 24.2 Å². The molecule has 5 rings (SSSR count). The molecule has 1 N–H and O–H groups in total. The average Bonchev–Trinajstić information content (AvgIpc) is 3.05. The van der Waals surface area contributed by atoms with Gasteiger partial charge in [-0.15, -0.1) is 0 Å². The molecule has 1 atom stereocenters. The second-order valence-corrected chi connectivity index (χ2v) is 8.65. The topological polar surface area (TPSA) is 57.9 Å². The van der Waals surface area contributed by atoms with E-state index in [2.05, 4.69) is 22.6 Å². The molecule has 3 heterocycles. The smallest absolute Gasteiger partial charge is 0.254 e. The van der Waals surface area contributed by atoms with Crippen LogP contribution in [0.2, 0.25) is 0 Å². The first-order valence-electron chi connectivity index (χ1n) is 10.3. The number of amides is 1. The Kier molecular flexibility index (Phi) is 4.38. The third-order valence-electron chi connectivity index (χ3n) is 6.75. The van der Waals surface area contributed by atoms with Crippen LogP contribution in [0.5, 0.6) is 5.75 Å². The van der Waals surface area contributed by atoms with Crippen molar-refractivity contribution in [2.45, 2.75) is 11.5 Å². The largest absolute Gasteiger partial charge is 0.497 e. The lowest BCUT2D eigenvalue weighted by atomic mass is 9.69. The summed E-state index contributed by atoms with van der Waals surface area (Å²) in [5, 5.41) is 11.6. The molecule has 1 saturated heterocycles. The first-order valence-corrected chi connectivity index (χ1v) is 10.3. The lowest BCUT2D eigenvalue weighted by Crippen LogP contribution is -2.66. The van der Waals surface area contributed by atoms with Crippen LogP contribution in [0.1, 0.15) is 27.7 Å². The standard InChI is InChI=1S/C24H27N3O3/c1-25-13-24(14-25)15-27(23(29)16-7-5-4-6-8-16)20(12-28)22-21(24)18-10-9-17(30-3)11-19(18)26(22)2/h4-11,20,28H,12-15H2,1-3H3/t20-/m1/s1. The van der Waals surface area contributed by atoms with Crippen LogP contribution in [-0.2, 0) is 12.5 Å². The van der Waals surface area contributed by atoms with Crippen LogP contribution >= 0.6 is 0 Å². The zero-order chi connectivity index (χ0) is 21.0. The van der Waals surface area contributed by atoms with Crippen LogP contribution in [0.15, 0.2) is 48.5 Å². The molecule has 1 amide bonds. The van der Waals surface area contributed by atoms with Gasteiger partial charge in [-0.2, -0.15) is 0 Å². The number of aliphatic hydroxyl groups is 1. The number of hydrogen-bond acceptors (Lipinski definition) is 4. The molecule has 156 valence electrons. The third kappa shape index (κ3) is 2.60. The number of fused-ring (bicyclic) bond motifs is 4. The lowest BCUT2D eigenvalue weighted by molar-refractivity contribution is 0.00869. The van der Waals surface area contributed by atoms with Crippen molar-refractivity contribution in [3.63, 3.8) is 0 Å². The molecular formula is C24H27N3O3. The van der Waals surface area contributed by atoms with E-state index in [1.165, 1.54) is 10.9 Å². The number of likely N-dealkylation sites (N-methyl/N-ethyl adjacent to an activating group) is 1. The molecule has 1 aromatic heterocycles. The average molecular weight is 405 g/mol. The van der Waals surface area contributed by atoms with Gasteiger partial charge in [0, 0.05) is 54.8 Å². The van der Waals surface area contributed by atoms with E-state index < -0.39 is 0 Å². The summed E-state index contributed by atoms with van der Waals surface area (Å²) < 4.78 is 7.59. The number of aliphatic hydroxyl groups excluding tert-OH is 1. The quantitative estimate of drug-likeness (QED) is 0.728. The first kappa shape index (κ1) is 19.2. The summed E-state index contributed by atoms with van der Waals surface area (Å²) >= 11 is 0. The zero-order valence-electron chi connectivity index (χ0n) is 17.6. The minimum atomic E-state index is -0.382. The van der Waals surface area contributed by atoms with Gasteiger partial charge in [-0.25, -0.2) is 0 Å². The number of carbonyl (C=O) groups excluding carboxylic acids is 1. The number of nitrogens with zero attached hydrogens (tertiary/aromatic N) is 3. The summed E-state index contributed by atoms with van der Waals surface area (Å²) in [4.78, 5) is 17.7. The number of hydrogen-bond donors (Lipinski definition) is 1. The Bertz CT molecular complexity index is 1120. The molecule has 2 aliphatic heterocycles. The molecule has 0 radical (unpaired) electrons. The van der Waals surface area contributed by atoms with Crippen molar-refractivity contribution in [1.82, 2.24) is 14.4 Å². The van der Waals surface area contributed by atoms with Crippen LogP contribution in [0.3, 0.4) is 0 Å². The molecule has 2 aromatic carbocycles. The van der Waals surface area contributed by atoms with E-state index in [4.69, 9.17) is 4.74 Å². The summed E-state index contributed by atoms with van der Waals surface area (Å²) in [7, 11) is 5.81. The predicted octanol–water partition coefficient (Wildman–Crippen LogP) is 2.56. The normalized spacial score (nSPS) is 20.3. The maximum Gasteiger partial charge on any atom is 0.254 e. The number of rotatable bonds is 3. The molecule has 30 heavy (non-hydrogen) atoms. The number of ether oxygens (including phenoxy) is 1. The molecule has 0 bridgehead atoms. The van der Waals surface area contributed by atoms with Crippen molar-refractivity contribution in [3.05, 3.63) is 65.4 Å². The summed E-state index contributed by atoms with van der Waals surface area (Å²) in [5.41, 5.74) is 3.90. The van der Waals surface area contributed by atoms with E-state index >= 15 is 0 Å². The van der Waals surface area contributed by atoms with E-state index in [9.17, 15) is 9.90 Å². The van der Waals surface area contributed by atoms with E-state index in [-0.39, 0.29) is 24.0 Å². The zero-order valence-corrected chi connectivity index (χ0v) is 17.6. The van der Waals surface area contributed by atoms with Gasteiger partial charge in [0.05, 0.1) is 25.3 Å². The molecule has 1 spiro atoms. The van der Waals surface area contributed by atoms with E-state index in [0.29, 0.717) is 12.1 Å².